The predicted molar refractivity (Wildman–Crippen MR) is 68.3 cm³/mol. The molecule has 0 aliphatic carbocycles. The Kier molecular flexibility index (Phi) is 3.58. The van der Waals surface area contributed by atoms with Crippen molar-refractivity contribution in [2.24, 2.45) is 0 Å². The fourth-order valence-corrected chi connectivity index (χ4v) is 1.61. The number of anilines is 1. The lowest BCUT2D eigenvalue weighted by Gasteiger charge is -2.06. The monoisotopic (exact) mass is 264 g/mol. The van der Waals surface area contributed by atoms with Crippen LogP contribution in [0.4, 0.5) is 10.1 Å². The molecular weight excluding hydrogens is 255 g/mol. The van der Waals surface area contributed by atoms with Crippen molar-refractivity contribution in [3.63, 3.8) is 0 Å². The molecule has 1 N–H and O–H groups in total. The van der Waals surface area contributed by atoms with E-state index in [9.17, 15) is 9.18 Å². The molecule has 1 aromatic heterocycles. The maximum absolute atomic E-state index is 13.5. The Morgan fingerprint density at radius 2 is 2.11 bits per heavy atom. The summed E-state index contributed by atoms with van der Waals surface area (Å²) >= 11 is 5.68. The summed E-state index contributed by atoms with van der Waals surface area (Å²) in [6, 6.07) is 9.24. The Morgan fingerprint density at radius 3 is 2.78 bits per heavy atom. The summed E-state index contributed by atoms with van der Waals surface area (Å²) in [6.45, 7) is 1.77. The zero-order valence-electron chi connectivity index (χ0n) is 9.58. The second-order valence-corrected chi connectivity index (χ2v) is 4.17. The number of halogens is 2. The number of carbonyl (C=O) groups excluding carboxylic acids is 1. The predicted octanol–water partition coefficient (Wildman–Crippen LogP) is 3.43. The molecule has 0 spiro atoms. The van der Waals surface area contributed by atoms with Gasteiger partial charge in [0.15, 0.2) is 0 Å². The van der Waals surface area contributed by atoms with E-state index in [0.717, 1.165) is 5.56 Å². The third kappa shape index (κ3) is 2.84. The van der Waals surface area contributed by atoms with E-state index in [1.807, 2.05) is 0 Å². The topological polar surface area (TPSA) is 42.0 Å². The summed E-state index contributed by atoms with van der Waals surface area (Å²) in [4.78, 5) is 15.7. The lowest BCUT2D eigenvalue weighted by molar-refractivity contribution is 0.102. The Bertz CT molecular complexity index is 601. The first-order valence-corrected chi connectivity index (χ1v) is 5.64. The second-order valence-electron chi connectivity index (χ2n) is 3.78. The number of carbonyl (C=O) groups is 1. The van der Waals surface area contributed by atoms with Crippen molar-refractivity contribution >= 4 is 23.2 Å². The normalized spacial score (nSPS) is 10.2. The molecule has 92 valence electrons. The van der Waals surface area contributed by atoms with Gasteiger partial charge in [0, 0.05) is 0 Å². The van der Waals surface area contributed by atoms with Crippen molar-refractivity contribution in [1.82, 2.24) is 4.98 Å². The number of nitrogens with one attached hydrogen (secondary N) is 1. The van der Waals surface area contributed by atoms with Gasteiger partial charge in [0.05, 0.1) is 5.69 Å². The molecule has 2 aromatic rings. The summed E-state index contributed by atoms with van der Waals surface area (Å²) in [6.07, 6.45) is 0. The number of amides is 1. The zero-order chi connectivity index (χ0) is 13.1. The highest BCUT2D eigenvalue weighted by molar-refractivity contribution is 6.29. The molecule has 3 nitrogen and oxygen atoms in total. The van der Waals surface area contributed by atoms with E-state index in [4.69, 9.17) is 11.6 Å². The van der Waals surface area contributed by atoms with Gasteiger partial charge in [-0.25, -0.2) is 9.37 Å². The van der Waals surface area contributed by atoms with Crippen LogP contribution >= 0.6 is 11.6 Å². The van der Waals surface area contributed by atoms with Crippen LogP contribution in [0, 0.1) is 12.7 Å². The molecule has 0 saturated carbocycles. The fourth-order valence-electron chi connectivity index (χ4n) is 1.44. The summed E-state index contributed by atoms with van der Waals surface area (Å²) in [5.41, 5.74) is 1.04. The van der Waals surface area contributed by atoms with Crippen molar-refractivity contribution < 1.29 is 9.18 Å². The van der Waals surface area contributed by atoms with Crippen LogP contribution in [0.3, 0.4) is 0 Å². The number of pyridine rings is 1. The van der Waals surface area contributed by atoms with Crippen LogP contribution in [0.5, 0.6) is 0 Å². The lowest BCUT2D eigenvalue weighted by Crippen LogP contribution is -2.14. The van der Waals surface area contributed by atoms with Crippen LogP contribution in [0.25, 0.3) is 0 Å². The molecule has 2 rings (SSSR count). The number of hydrogen-bond acceptors (Lipinski definition) is 2. The molecule has 0 unspecified atom stereocenters. The molecule has 1 heterocycles. The molecule has 18 heavy (non-hydrogen) atoms. The van der Waals surface area contributed by atoms with E-state index in [1.165, 1.54) is 18.2 Å². The van der Waals surface area contributed by atoms with Crippen molar-refractivity contribution in [1.29, 1.82) is 0 Å². The molecule has 0 atom stereocenters. The smallest absolute Gasteiger partial charge is 0.274 e. The Morgan fingerprint density at radius 1 is 1.33 bits per heavy atom. The van der Waals surface area contributed by atoms with Gasteiger partial charge in [0.1, 0.15) is 16.7 Å². The highest BCUT2D eigenvalue weighted by Gasteiger charge is 2.10. The highest BCUT2D eigenvalue weighted by Crippen LogP contribution is 2.16. The number of aromatic nitrogens is 1. The summed E-state index contributed by atoms with van der Waals surface area (Å²) in [5, 5.41) is 2.66. The van der Waals surface area contributed by atoms with E-state index in [1.54, 1.807) is 25.1 Å². The third-order valence-electron chi connectivity index (χ3n) is 2.32. The Labute approximate surface area is 109 Å². The Balaban J connectivity index is 2.21. The molecule has 1 amide bonds. The average Bonchev–Trinajstić information content (AvgIpc) is 2.32. The number of aryl methyl sites for hydroxylation is 1. The van der Waals surface area contributed by atoms with Crippen LogP contribution in [-0.2, 0) is 0 Å². The van der Waals surface area contributed by atoms with Crippen LogP contribution < -0.4 is 5.32 Å². The largest absolute Gasteiger partial charge is 0.318 e. The summed E-state index contributed by atoms with van der Waals surface area (Å²) in [7, 11) is 0. The number of hydrogen-bond donors (Lipinski definition) is 1. The first-order valence-electron chi connectivity index (χ1n) is 5.26. The molecule has 1 aromatic carbocycles. The van der Waals surface area contributed by atoms with Crippen LogP contribution in [0.2, 0.25) is 5.15 Å². The maximum atomic E-state index is 13.5. The van der Waals surface area contributed by atoms with Crippen LogP contribution in [0.15, 0.2) is 36.4 Å². The second kappa shape index (κ2) is 5.14. The molecule has 0 aliphatic heterocycles. The van der Waals surface area contributed by atoms with Gasteiger partial charge in [-0.2, -0.15) is 0 Å². The molecule has 0 radical (unpaired) electrons. The molecular formula is C13H10ClFN2O. The van der Waals surface area contributed by atoms with Gasteiger partial charge >= 0.3 is 0 Å². The van der Waals surface area contributed by atoms with Gasteiger partial charge in [-0.1, -0.05) is 23.7 Å². The minimum absolute atomic E-state index is 0.118. The number of nitrogens with zero attached hydrogens (tertiary/aromatic N) is 1. The summed E-state index contributed by atoms with van der Waals surface area (Å²) in [5.74, 6) is -0.981. The van der Waals surface area contributed by atoms with Gasteiger partial charge in [-0.15, -0.1) is 0 Å². The first kappa shape index (κ1) is 12.5. The van der Waals surface area contributed by atoms with Crippen molar-refractivity contribution in [3.8, 4) is 0 Å². The third-order valence-corrected chi connectivity index (χ3v) is 2.53. The minimum Gasteiger partial charge on any atom is -0.318 e. The van der Waals surface area contributed by atoms with E-state index >= 15 is 0 Å². The summed E-state index contributed by atoms with van der Waals surface area (Å²) < 4.78 is 13.5. The van der Waals surface area contributed by atoms with Gasteiger partial charge in [-0.05, 0) is 36.8 Å². The van der Waals surface area contributed by atoms with Crippen LogP contribution in [-0.4, -0.2) is 10.9 Å². The van der Waals surface area contributed by atoms with E-state index < -0.39 is 11.7 Å². The van der Waals surface area contributed by atoms with Crippen molar-refractivity contribution in [2.75, 3.05) is 5.32 Å². The molecule has 0 aliphatic rings. The molecule has 0 fully saturated rings. The average molecular weight is 265 g/mol. The van der Waals surface area contributed by atoms with Gasteiger partial charge in [0.25, 0.3) is 5.91 Å². The van der Waals surface area contributed by atoms with Crippen LogP contribution in [0.1, 0.15) is 16.1 Å². The Hall–Kier alpha value is -1.94. The maximum Gasteiger partial charge on any atom is 0.274 e. The molecule has 0 bridgehead atoms. The van der Waals surface area contributed by atoms with Gasteiger partial charge in [0.2, 0.25) is 0 Å². The number of rotatable bonds is 2. The van der Waals surface area contributed by atoms with Gasteiger partial charge < -0.3 is 5.32 Å². The van der Waals surface area contributed by atoms with E-state index in [0.29, 0.717) is 0 Å². The molecule has 5 heteroatoms. The van der Waals surface area contributed by atoms with E-state index in [-0.39, 0.29) is 16.5 Å². The zero-order valence-corrected chi connectivity index (χ0v) is 10.3. The fraction of sp³-hybridized carbons (Fsp3) is 0.0769. The molecule has 0 saturated heterocycles. The standard InChI is InChI=1S/C13H10ClFN2O/c1-8-5-6-10(9(15)7-8)17-13(18)11-3-2-4-12(14)16-11/h2-7H,1H3,(H,17,18). The number of benzene rings is 1. The minimum atomic E-state index is -0.500. The quantitative estimate of drug-likeness (QED) is 0.845. The van der Waals surface area contributed by atoms with Crippen molar-refractivity contribution in [2.45, 2.75) is 6.92 Å². The first-order chi connectivity index (χ1) is 8.56. The highest BCUT2D eigenvalue weighted by atomic mass is 35.5. The SMILES string of the molecule is Cc1ccc(NC(=O)c2cccc(Cl)n2)c(F)c1. The van der Waals surface area contributed by atoms with E-state index in [2.05, 4.69) is 10.3 Å². The van der Waals surface area contributed by atoms with Gasteiger partial charge in [-0.3, -0.25) is 4.79 Å². The van der Waals surface area contributed by atoms with Crippen molar-refractivity contribution in [3.05, 3.63) is 58.6 Å². The lowest BCUT2D eigenvalue weighted by atomic mass is 10.2.